The van der Waals surface area contributed by atoms with Crippen LogP contribution in [0.2, 0.25) is 0 Å². The molecule has 0 aromatic carbocycles. The molecule has 0 amide bonds. The van der Waals surface area contributed by atoms with E-state index in [0.717, 1.165) is 29.5 Å². The van der Waals surface area contributed by atoms with Gasteiger partial charge in [0.1, 0.15) is 0 Å². The van der Waals surface area contributed by atoms with E-state index in [0.29, 0.717) is 6.54 Å². The number of aromatic nitrogens is 2. The van der Waals surface area contributed by atoms with Gasteiger partial charge in [-0.3, -0.25) is 0 Å². The number of aryl methyl sites for hydroxylation is 1. The second kappa shape index (κ2) is 5.92. The number of hydrogen-bond acceptors (Lipinski definition) is 5. The summed E-state index contributed by atoms with van der Waals surface area (Å²) < 4.78 is 0. The number of nitrogens with two attached hydrogens (primary N) is 1. The van der Waals surface area contributed by atoms with E-state index in [4.69, 9.17) is 5.73 Å². The zero-order valence-corrected chi connectivity index (χ0v) is 10.3. The third kappa shape index (κ3) is 3.35. The molecule has 0 aliphatic heterocycles. The van der Waals surface area contributed by atoms with E-state index < -0.39 is 0 Å². The molecule has 0 aliphatic carbocycles. The van der Waals surface area contributed by atoms with Gasteiger partial charge in [-0.1, -0.05) is 0 Å². The number of rotatable bonds is 5. The Hall–Kier alpha value is -0.810. The van der Waals surface area contributed by atoms with E-state index in [2.05, 4.69) is 21.1 Å². The number of nitrogens with zero attached hydrogens (tertiary/aromatic N) is 3. The van der Waals surface area contributed by atoms with Crippen molar-refractivity contribution >= 4 is 17.7 Å². The topological polar surface area (TPSA) is 55.0 Å². The lowest BCUT2D eigenvalue weighted by atomic mass is 10.2. The highest BCUT2D eigenvalue weighted by molar-refractivity contribution is 7.98. The monoisotopic (exact) mass is 226 g/mol. The molecule has 0 atom stereocenters. The minimum absolute atomic E-state index is 0.501. The predicted octanol–water partition coefficient (Wildman–Crippen LogP) is 1.04. The molecule has 4 nitrogen and oxygen atoms in total. The lowest BCUT2D eigenvalue weighted by Gasteiger charge is -2.17. The zero-order chi connectivity index (χ0) is 11.3. The second-order valence-corrected chi connectivity index (χ2v) is 4.38. The van der Waals surface area contributed by atoms with Crippen LogP contribution in [0.3, 0.4) is 0 Å². The maximum atomic E-state index is 5.56. The minimum atomic E-state index is 0.501. The quantitative estimate of drug-likeness (QED) is 0.813. The van der Waals surface area contributed by atoms with Crippen molar-refractivity contribution in [3.8, 4) is 0 Å². The molecule has 0 bridgehead atoms. The lowest BCUT2D eigenvalue weighted by molar-refractivity contribution is 0.877. The molecular formula is C10H18N4S. The summed E-state index contributed by atoms with van der Waals surface area (Å²) in [5, 5.41) is 0. The van der Waals surface area contributed by atoms with E-state index in [-0.39, 0.29) is 0 Å². The number of anilines is 1. The van der Waals surface area contributed by atoms with Gasteiger partial charge in [-0.15, -0.1) is 0 Å². The fraction of sp³-hybridized carbons (Fsp3) is 0.600. The van der Waals surface area contributed by atoms with Crippen LogP contribution in [0.15, 0.2) is 6.20 Å². The highest BCUT2D eigenvalue weighted by atomic mass is 32.2. The average molecular weight is 226 g/mol. The van der Waals surface area contributed by atoms with Crippen molar-refractivity contribution in [1.29, 1.82) is 0 Å². The van der Waals surface area contributed by atoms with E-state index in [1.54, 1.807) is 0 Å². The van der Waals surface area contributed by atoms with Gasteiger partial charge in [-0.25, -0.2) is 9.97 Å². The van der Waals surface area contributed by atoms with Gasteiger partial charge in [0.25, 0.3) is 0 Å². The molecule has 0 unspecified atom stereocenters. The Balaban J connectivity index is 2.73. The van der Waals surface area contributed by atoms with Gasteiger partial charge in [0.15, 0.2) is 0 Å². The summed E-state index contributed by atoms with van der Waals surface area (Å²) in [6.45, 7) is 3.43. The smallest absolute Gasteiger partial charge is 0.225 e. The van der Waals surface area contributed by atoms with Gasteiger partial charge in [0, 0.05) is 43.3 Å². The maximum absolute atomic E-state index is 5.56. The first-order chi connectivity index (χ1) is 7.19. The van der Waals surface area contributed by atoms with Crippen LogP contribution in [0.4, 0.5) is 5.95 Å². The van der Waals surface area contributed by atoms with Gasteiger partial charge in [-0.05, 0) is 13.2 Å². The first kappa shape index (κ1) is 12.3. The summed E-state index contributed by atoms with van der Waals surface area (Å²) >= 11 is 1.82. The predicted molar refractivity (Wildman–Crippen MR) is 66.3 cm³/mol. The molecule has 2 N–H and O–H groups in total. The van der Waals surface area contributed by atoms with Gasteiger partial charge < -0.3 is 10.6 Å². The minimum Gasteiger partial charge on any atom is -0.343 e. The Morgan fingerprint density at radius 1 is 1.53 bits per heavy atom. The fourth-order valence-electron chi connectivity index (χ4n) is 1.19. The van der Waals surface area contributed by atoms with Crippen LogP contribution < -0.4 is 10.6 Å². The van der Waals surface area contributed by atoms with E-state index in [1.165, 1.54) is 0 Å². The molecule has 5 heteroatoms. The molecule has 0 radical (unpaired) electrons. The normalized spacial score (nSPS) is 10.4. The third-order valence-electron chi connectivity index (χ3n) is 2.26. The van der Waals surface area contributed by atoms with Gasteiger partial charge in [-0.2, -0.15) is 11.8 Å². The molecule has 0 spiro atoms. The average Bonchev–Trinajstić information content (AvgIpc) is 2.25. The molecule has 15 heavy (non-hydrogen) atoms. The molecule has 0 aliphatic rings. The summed E-state index contributed by atoms with van der Waals surface area (Å²) in [7, 11) is 2.01. The van der Waals surface area contributed by atoms with Gasteiger partial charge in [0.2, 0.25) is 5.95 Å². The molecule has 0 saturated heterocycles. The first-order valence-corrected chi connectivity index (χ1v) is 6.31. The van der Waals surface area contributed by atoms with Crippen LogP contribution in [0.5, 0.6) is 0 Å². The SMILES string of the molecule is CSCCN(C)c1ncc(CN)c(C)n1. The summed E-state index contributed by atoms with van der Waals surface area (Å²) in [5.41, 5.74) is 7.54. The summed E-state index contributed by atoms with van der Waals surface area (Å²) in [4.78, 5) is 10.8. The van der Waals surface area contributed by atoms with Crippen molar-refractivity contribution in [2.45, 2.75) is 13.5 Å². The van der Waals surface area contributed by atoms with Gasteiger partial charge >= 0.3 is 0 Å². The molecule has 1 aromatic heterocycles. The largest absolute Gasteiger partial charge is 0.343 e. The van der Waals surface area contributed by atoms with Crippen LogP contribution in [0, 0.1) is 6.92 Å². The van der Waals surface area contributed by atoms with Crippen LogP contribution in [-0.2, 0) is 6.54 Å². The van der Waals surface area contributed by atoms with Crippen LogP contribution in [-0.4, -0.2) is 35.6 Å². The number of hydrogen-bond donors (Lipinski definition) is 1. The summed E-state index contributed by atoms with van der Waals surface area (Å²) in [5.74, 6) is 1.86. The van der Waals surface area contributed by atoms with E-state index in [9.17, 15) is 0 Å². The fourth-order valence-corrected chi connectivity index (χ4v) is 1.65. The van der Waals surface area contributed by atoms with Crippen molar-refractivity contribution in [3.05, 3.63) is 17.5 Å². The molecule has 1 heterocycles. The molecule has 84 valence electrons. The molecule has 1 rings (SSSR count). The van der Waals surface area contributed by atoms with Crippen molar-refractivity contribution in [2.24, 2.45) is 5.73 Å². The van der Waals surface area contributed by atoms with Crippen LogP contribution >= 0.6 is 11.8 Å². The van der Waals surface area contributed by atoms with Crippen molar-refractivity contribution in [1.82, 2.24) is 9.97 Å². The molecule has 0 saturated carbocycles. The summed E-state index contributed by atoms with van der Waals surface area (Å²) in [6.07, 6.45) is 3.91. The van der Waals surface area contributed by atoms with Crippen molar-refractivity contribution in [3.63, 3.8) is 0 Å². The summed E-state index contributed by atoms with van der Waals surface area (Å²) in [6, 6.07) is 0. The lowest BCUT2D eigenvalue weighted by Crippen LogP contribution is -2.23. The Morgan fingerprint density at radius 2 is 2.27 bits per heavy atom. The van der Waals surface area contributed by atoms with Crippen LogP contribution in [0.25, 0.3) is 0 Å². The Labute approximate surface area is 95.3 Å². The molecular weight excluding hydrogens is 208 g/mol. The van der Waals surface area contributed by atoms with Gasteiger partial charge in [0.05, 0.1) is 0 Å². The molecule has 1 aromatic rings. The second-order valence-electron chi connectivity index (χ2n) is 3.40. The first-order valence-electron chi connectivity index (χ1n) is 4.91. The third-order valence-corrected chi connectivity index (χ3v) is 2.85. The van der Waals surface area contributed by atoms with Crippen LogP contribution in [0.1, 0.15) is 11.3 Å². The Bertz CT molecular complexity index is 316. The van der Waals surface area contributed by atoms with E-state index >= 15 is 0 Å². The highest BCUT2D eigenvalue weighted by Gasteiger charge is 2.05. The van der Waals surface area contributed by atoms with Crippen molar-refractivity contribution < 1.29 is 0 Å². The van der Waals surface area contributed by atoms with E-state index in [1.807, 2.05) is 31.9 Å². The standard InChI is InChI=1S/C10H18N4S/c1-8-9(6-11)7-12-10(13-8)14(2)4-5-15-3/h7H,4-6,11H2,1-3H3. The molecule has 0 fully saturated rings. The number of thioether (sulfide) groups is 1. The zero-order valence-electron chi connectivity index (χ0n) is 9.53. The van der Waals surface area contributed by atoms with Crippen molar-refractivity contribution in [2.75, 3.05) is 30.5 Å². The highest BCUT2D eigenvalue weighted by Crippen LogP contribution is 2.09. The Kier molecular flexibility index (Phi) is 4.84. The Morgan fingerprint density at radius 3 is 2.80 bits per heavy atom. The maximum Gasteiger partial charge on any atom is 0.225 e.